The number of piperazine rings is 1. The molecule has 6 nitrogen and oxygen atoms in total. The number of thiophene rings is 1. The topological polar surface area (TPSA) is 66.4 Å². The molecule has 206 valence electrons. The summed E-state index contributed by atoms with van der Waals surface area (Å²) in [5.41, 5.74) is 6.48. The Morgan fingerprint density at radius 2 is 1.73 bits per heavy atom. The molecule has 0 amide bonds. The van der Waals surface area contributed by atoms with E-state index in [2.05, 4.69) is 60.9 Å². The number of likely N-dealkylation sites (tertiary alicyclic amines) is 1. The van der Waals surface area contributed by atoms with Gasteiger partial charge in [0.25, 0.3) is 0 Å². The molecule has 2 aromatic carbocycles. The molecule has 2 saturated heterocycles. The van der Waals surface area contributed by atoms with Crippen molar-refractivity contribution in [3.8, 4) is 6.07 Å². The van der Waals surface area contributed by atoms with E-state index < -0.39 is 0 Å². The van der Waals surface area contributed by atoms with Gasteiger partial charge < -0.3 is 9.88 Å². The van der Waals surface area contributed by atoms with E-state index >= 15 is 0 Å². The maximum atomic E-state index is 12.9. The molecular formula is C33H37N5OS. The Hall–Kier alpha value is -3.44. The van der Waals surface area contributed by atoms with Crippen molar-refractivity contribution < 1.29 is 4.79 Å². The third kappa shape index (κ3) is 6.31. The van der Waals surface area contributed by atoms with Crippen LogP contribution in [0.2, 0.25) is 0 Å². The minimum atomic E-state index is 0.273. The summed E-state index contributed by atoms with van der Waals surface area (Å²) in [6.07, 6.45) is 6.12. The Morgan fingerprint density at radius 3 is 2.45 bits per heavy atom. The maximum Gasteiger partial charge on any atom is 0.162 e. The van der Waals surface area contributed by atoms with Crippen LogP contribution >= 0.6 is 11.3 Å². The summed E-state index contributed by atoms with van der Waals surface area (Å²) >= 11 is 1.77. The normalized spacial score (nSPS) is 17.3. The van der Waals surface area contributed by atoms with Gasteiger partial charge in [-0.15, -0.1) is 0 Å². The first-order valence-corrected chi connectivity index (χ1v) is 15.4. The van der Waals surface area contributed by atoms with Gasteiger partial charge in [-0.2, -0.15) is 16.6 Å². The molecule has 0 unspecified atom stereocenters. The van der Waals surface area contributed by atoms with Crippen molar-refractivity contribution in [2.24, 2.45) is 5.92 Å². The molecule has 2 aliphatic heterocycles. The summed E-state index contributed by atoms with van der Waals surface area (Å²) in [7, 11) is 0. The molecule has 0 bridgehead atoms. The molecule has 2 aliphatic rings. The minimum absolute atomic E-state index is 0.273. The zero-order valence-corrected chi connectivity index (χ0v) is 23.8. The van der Waals surface area contributed by atoms with E-state index in [9.17, 15) is 10.1 Å². The van der Waals surface area contributed by atoms with Crippen molar-refractivity contribution >= 4 is 33.7 Å². The molecule has 4 heterocycles. The highest BCUT2D eigenvalue weighted by molar-refractivity contribution is 7.07. The number of carbonyl (C=O) groups excluding carboxylic acids is 1. The second-order valence-corrected chi connectivity index (χ2v) is 12.1. The van der Waals surface area contributed by atoms with Gasteiger partial charge in [0.2, 0.25) is 0 Å². The second kappa shape index (κ2) is 12.4. The molecule has 0 aliphatic carbocycles. The molecule has 0 radical (unpaired) electrons. The zero-order valence-electron chi connectivity index (χ0n) is 23.0. The number of Topliss-reactive ketones (excluding diaryl/α,β-unsaturated/α-hetero) is 1. The zero-order chi connectivity index (χ0) is 27.3. The lowest BCUT2D eigenvalue weighted by Gasteiger charge is -2.36. The molecule has 40 heavy (non-hydrogen) atoms. The number of nitrogens with one attached hydrogen (secondary N) is 1. The molecule has 2 fully saturated rings. The fourth-order valence-corrected chi connectivity index (χ4v) is 6.86. The Bertz CT molecular complexity index is 1450. The van der Waals surface area contributed by atoms with Crippen LogP contribution < -0.4 is 4.90 Å². The van der Waals surface area contributed by atoms with E-state index in [0.29, 0.717) is 17.9 Å². The Kier molecular flexibility index (Phi) is 8.29. The third-order valence-corrected chi connectivity index (χ3v) is 9.42. The molecule has 7 heteroatoms. The van der Waals surface area contributed by atoms with E-state index in [1.54, 1.807) is 11.3 Å². The predicted molar refractivity (Wildman–Crippen MR) is 163 cm³/mol. The number of ketones is 1. The van der Waals surface area contributed by atoms with Gasteiger partial charge in [0, 0.05) is 74.0 Å². The minimum Gasteiger partial charge on any atom is -0.369 e. The van der Waals surface area contributed by atoms with Gasteiger partial charge >= 0.3 is 0 Å². The van der Waals surface area contributed by atoms with Gasteiger partial charge in [0.1, 0.15) is 0 Å². The van der Waals surface area contributed by atoms with E-state index in [0.717, 1.165) is 75.2 Å². The van der Waals surface area contributed by atoms with Crippen molar-refractivity contribution in [3.05, 3.63) is 87.7 Å². The average molecular weight is 552 g/mol. The number of nitriles is 1. The lowest BCUT2D eigenvalue weighted by molar-refractivity contribution is 0.0961. The molecule has 0 atom stereocenters. The first-order valence-electron chi connectivity index (χ1n) is 14.5. The van der Waals surface area contributed by atoms with Crippen molar-refractivity contribution in [2.45, 2.75) is 38.8 Å². The Labute approximate surface area is 240 Å². The number of benzene rings is 2. The number of fused-ring (bicyclic) bond motifs is 1. The third-order valence-electron chi connectivity index (χ3n) is 8.69. The van der Waals surface area contributed by atoms with Gasteiger partial charge in [-0.25, -0.2) is 0 Å². The van der Waals surface area contributed by atoms with Crippen LogP contribution in [0.3, 0.4) is 0 Å². The number of piperidine rings is 1. The molecule has 2 aromatic heterocycles. The van der Waals surface area contributed by atoms with Crippen LogP contribution in [0, 0.1) is 17.2 Å². The standard InChI is InChI=1S/C33H37N5OS/c34-20-26-1-7-32-31(19-26)29(21-35-32)23-37-14-16-38(17-15-37)30-5-3-28(4-6-30)33(39)8-2-25-9-12-36(13-10-25)22-27-11-18-40-24-27/h1,3-7,11,18-19,21,24-25,35H,2,8-10,12-17,22-23H2. The van der Waals surface area contributed by atoms with Gasteiger partial charge in [-0.3, -0.25) is 14.6 Å². The number of anilines is 1. The van der Waals surface area contributed by atoms with Crippen LogP contribution in [-0.2, 0) is 13.1 Å². The number of hydrogen-bond donors (Lipinski definition) is 1. The Morgan fingerprint density at radius 1 is 0.950 bits per heavy atom. The van der Waals surface area contributed by atoms with Gasteiger partial charge in [0.15, 0.2) is 5.78 Å². The van der Waals surface area contributed by atoms with E-state index in [4.69, 9.17) is 0 Å². The lowest BCUT2D eigenvalue weighted by Crippen LogP contribution is -2.45. The summed E-state index contributed by atoms with van der Waals surface area (Å²) in [5.74, 6) is 0.936. The predicted octanol–water partition coefficient (Wildman–Crippen LogP) is 6.30. The van der Waals surface area contributed by atoms with E-state index in [1.807, 2.05) is 30.3 Å². The van der Waals surface area contributed by atoms with Crippen molar-refractivity contribution in [3.63, 3.8) is 0 Å². The van der Waals surface area contributed by atoms with Crippen LogP contribution in [0.25, 0.3) is 10.9 Å². The summed E-state index contributed by atoms with van der Waals surface area (Å²) in [6, 6.07) is 18.6. The number of nitrogens with zero attached hydrogens (tertiary/aromatic N) is 4. The van der Waals surface area contributed by atoms with Crippen LogP contribution in [0.4, 0.5) is 5.69 Å². The monoisotopic (exact) mass is 551 g/mol. The molecular weight excluding hydrogens is 514 g/mol. The number of H-pyrrole nitrogens is 1. The first-order chi connectivity index (χ1) is 19.6. The largest absolute Gasteiger partial charge is 0.369 e. The molecule has 4 aromatic rings. The average Bonchev–Trinajstić information content (AvgIpc) is 3.67. The number of carbonyl (C=O) groups is 1. The highest BCUT2D eigenvalue weighted by atomic mass is 32.1. The summed E-state index contributed by atoms with van der Waals surface area (Å²) in [6.45, 7) is 8.11. The van der Waals surface area contributed by atoms with Crippen LogP contribution in [0.5, 0.6) is 0 Å². The molecule has 0 spiro atoms. The van der Waals surface area contributed by atoms with Crippen molar-refractivity contribution in [1.29, 1.82) is 5.26 Å². The van der Waals surface area contributed by atoms with Gasteiger partial charge in [-0.1, -0.05) is 0 Å². The fourth-order valence-electron chi connectivity index (χ4n) is 6.20. The van der Waals surface area contributed by atoms with E-state index in [-0.39, 0.29) is 5.78 Å². The van der Waals surface area contributed by atoms with Crippen LogP contribution in [0.1, 0.15) is 52.7 Å². The Balaban J connectivity index is 0.945. The number of aromatic nitrogens is 1. The summed E-state index contributed by atoms with van der Waals surface area (Å²) in [4.78, 5) is 23.7. The summed E-state index contributed by atoms with van der Waals surface area (Å²) in [5, 5.41) is 14.8. The van der Waals surface area contributed by atoms with Crippen molar-refractivity contribution in [1.82, 2.24) is 14.8 Å². The molecule has 1 N–H and O–H groups in total. The lowest BCUT2D eigenvalue weighted by atomic mass is 9.90. The quantitative estimate of drug-likeness (QED) is 0.247. The second-order valence-electron chi connectivity index (χ2n) is 11.3. The smallest absolute Gasteiger partial charge is 0.162 e. The fraction of sp³-hybridized carbons (Fsp3) is 0.394. The number of hydrogen-bond acceptors (Lipinski definition) is 6. The SMILES string of the molecule is N#Cc1ccc2[nH]cc(CN3CCN(c4ccc(C(=O)CCC5CCN(Cc6ccsc6)CC5)cc4)CC3)c2c1. The number of aromatic amines is 1. The van der Waals surface area contributed by atoms with Gasteiger partial charge in [-0.05, 0) is 109 Å². The molecule has 0 saturated carbocycles. The highest BCUT2D eigenvalue weighted by Crippen LogP contribution is 2.26. The van der Waals surface area contributed by atoms with Crippen molar-refractivity contribution in [2.75, 3.05) is 44.2 Å². The van der Waals surface area contributed by atoms with Crippen LogP contribution in [-0.4, -0.2) is 59.8 Å². The maximum absolute atomic E-state index is 12.9. The van der Waals surface area contributed by atoms with Gasteiger partial charge in [0.05, 0.1) is 11.6 Å². The van der Waals surface area contributed by atoms with E-state index in [1.165, 1.54) is 29.7 Å². The van der Waals surface area contributed by atoms with Crippen LogP contribution in [0.15, 0.2) is 65.5 Å². The molecule has 6 rings (SSSR count). The first kappa shape index (κ1) is 26.8. The summed E-state index contributed by atoms with van der Waals surface area (Å²) < 4.78 is 0. The number of rotatable bonds is 9. The highest BCUT2D eigenvalue weighted by Gasteiger charge is 2.22.